The van der Waals surface area contributed by atoms with Crippen LogP contribution in [0, 0.1) is 11.8 Å². The molecule has 0 aliphatic heterocycles. The Labute approximate surface area is 85.2 Å². The van der Waals surface area contributed by atoms with Gasteiger partial charge in [0.25, 0.3) is 0 Å². The van der Waals surface area contributed by atoms with Crippen molar-refractivity contribution in [2.45, 2.75) is 51.6 Å². The second-order valence-electron chi connectivity index (χ2n) is 4.62. The first kappa shape index (κ1) is 9.97. The Kier molecular flexibility index (Phi) is 3.06. The van der Waals surface area contributed by atoms with Crippen LogP contribution in [0.1, 0.15) is 45.4 Å². The molecule has 0 heterocycles. The molecule has 2 aliphatic rings. The van der Waals surface area contributed by atoms with Crippen LogP contribution in [0.3, 0.4) is 0 Å². The molecule has 0 spiro atoms. The molecule has 0 saturated heterocycles. The van der Waals surface area contributed by atoms with Crippen LogP contribution in [0.5, 0.6) is 0 Å². The lowest BCUT2D eigenvalue weighted by Gasteiger charge is -2.14. The number of carbonyl (C=O) groups is 1. The van der Waals surface area contributed by atoms with Crippen molar-refractivity contribution < 1.29 is 9.63 Å². The summed E-state index contributed by atoms with van der Waals surface area (Å²) in [6.07, 6.45) is 7.34. The monoisotopic (exact) mass is 197 g/mol. The van der Waals surface area contributed by atoms with Crippen molar-refractivity contribution in [1.82, 2.24) is 5.48 Å². The Morgan fingerprint density at radius 2 is 1.93 bits per heavy atom. The van der Waals surface area contributed by atoms with Crippen LogP contribution in [0.25, 0.3) is 0 Å². The smallest absolute Gasteiger partial charge is 0.246 e. The van der Waals surface area contributed by atoms with Gasteiger partial charge in [-0.1, -0.05) is 19.8 Å². The van der Waals surface area contributed by atoms with Gasteiger partial charge in [0.15, 0.2) is 0 Å². The van der Waals surface area contributed by atoms with Gasteiger partial charge >= 0.3 is 0 Å². The van der Waals surface area contributed by atoms with Gasteiger partial charge in [0.1, 0.15) is 0 Å². The summed E-state index contributed by atoms with van der Waals surface area (Å²) in [7, 11) is 0. The number of hydrogen-bond acceptors (Lipinski definition) is 2. The van der Waals surface area contributed by atoms with Gasteiger partial charge in [-0.05, 0) is 31.6 Å². The number of hydrogen-bond donors (Lipinski definition) is 1. The van der Waals surface area contributed by atoms with E-state index in [-0.39, 0.29) is 17.9 Å². The molecule has 3 heteroatoms. The number of carbonyl (C=O) groups excluding carboxylic acids is 1. The first-order valence-corrected chi connectivity index (χ1v) is 5.73. The van der Waals surface area contributed by atoms with Crippen molar-refractivity contribution in [2.24, 2.45) is 11.8 Å². The second kappa shape index (κ2) is 4.30. The highest BCUT2D eigenvalue weighted by Crippen LogP contribution is 2.36. The molecule has 1 N–H and O–H groups in total. The summed E-state index contributed by atoms with van der Waals surface area (Å²) in [5.74, 6) is 0.818. The molecule has 0 bridgehead atoms. The van der Waals surface area contributed by atoms with Crippen molar-refractivity contribution in [3.63, 3.8) is 0 Å². The summed E-state index contributed by atoms with van der Waals surface area (Å²) in [5, 5.41) is 0. The van der Waals surface area contributed by atoms with Crippen molar-refractivity contribution in [3.05, 3.63) is 0 Å². The Balaban J connectivity index is 1.65. The summed E-state index contributed by atoms with van der Waals surface area (Å²) in [6, 6.07) is 0. The van der Waals surface area contributed by atoms with Crippen molar-refractivity contribution >= 4 is 5.91 Å². The fourth-order valence-electron chi connectivity index (χ4n) is 2.05. The van der Waals surface area contributed by atoms with E-state index in [1.54, 1.807) is 0 Å². The average Bonchev–Trinajstić information content (AvgIpc) is 2.91. The van der Waals surface area contributed by atoms with E-state index in [0.29, 0.717) is 5.92 Å². The maximum absolute atomic E-state index is 11.5. The summed E-state index contributed by atoms with van der Waals surface area (Å²) in [6.45, 7) is 1.99. The molecule has 2 saturated carbocycles. The van der Waals surface area contributed by atoms with Gasteiger partial charge in [0.05, 0.1) is 6.10 Å². The van der Waals surface area contributed by atoms with Gasteiger partial charge in [0, 0.05) is 5.92 Å². The van der Waals surface area contributed by atoms with Gasteiger partial charge in [-0.15, -0.1) is 0 Å². The molecule has 3 nitrogen and oxygen atoms in total. The first-order chi connectivity index (χ1) is 6.77. The van der Waals surface area contributed by atoms with E-state index in [9.17, 15) is 4.79 Å². The topological polar surface area (TPSA) is 38.3 Å². The number of hydroxylamine groups is 1. The van der Waals surface area contributed by atoms with Gasteiger partial charge in [-0.2, -0.15) is 0 Å². The van der Waals surface area contributed by atoms with Gasteiger partial charge in [0.2, 0.25) is 5.91 Å². The molecule has 2 fully saturated rings. The molecule has 1 amide bonds. The second-order valence-corrected chi connectivity index (χ2v) is 4.62. The van der Waals surface area contributed by atoms with Gasteiger partial charge < -0.3 is 0 Å². The third kappa shape index (κ3) is 2.47. The summed E-state index contributed by atoms with van der Waals surface area (Å²) >= 11 is 0. The highest BCUT2D eigenvalue weighted by atomic mass is 16.7. The lowest BCUT2D eigenvalue weighted by molar-refractivity contribution is -0.142. The summed E-state index contributed by atoms with van der Waals surface area (Å²) in [5.41, 5.74) is 2.61. The Hall–Kier alpha value is -0.570. The molecule has 1 atom stereocenters. The average molecular weight is 197 g/mol. The molecule has 0 radical (unpaired) electrons. The van der Waals surface area contributed by atoms with Crippen LogP contribution in [-0.2, 0) is 9.63 Å². The van der Waals surface area contributed by atoms with Gasteiger partial charge in [-0.25, -0.2) is 5.48 Å². The normalized spacial score (nSPS) is 24.9. The standard InChI is InChI=1S/C11H19NO2/c1-8(9-6-7-9)11(13)12-14-10-4-2-3-5-10/h8-10H,2-7H2,1H3,(H,12,13). The maximum Gasteiger partial charge on any atom is 0.246 e. The Bertz CT molecular complexity index is 207. The summed E-state index contributed by atoms with van der Waals surface area (Å²) < 4.78 is 0. The van der Waals surface area contributed by atoms with Crippen LogP contribution >= 0.6 is 0 Å². The SMILES string of the molecule is CC(C(=O)NOC1CCCC1)C1CC1. The Morgan fingerprint density at radius 1 is 1.29 bits per heavy atom. The molecule has 0 aromatic carbocycles. The fourth-order valence-corrected chi connectivity index (χ4v) is 2.05. The van der Waals surface area contributed by atoms with Crippen LogP contribution in [0.2, 0.25) is 0 Å². The zero-order chi connectivity index (χ0) is 9.97. The highest BCUT2D eigenvalue weighted by Gasteiger charge is 2.33. The van der Waals surface area contributed by atoms with E-state index in [4.69, 9.17) is 4.84 Å². The zero-order valence-corrected chi connectivity index (χ0v) is 8.79. The third-order valence-electron chi connectivity index (χ3n) is 3.37. The first-order valence-electron chi connectivity index (χ1n) is 5.73. The zero-order valence-electron chi connectivity index (χ0n) is 8.79. The molecule has 14 heavy (non-hydrogen) atoms. The minimum Gasteiger partial charge on any atom is -0.273 e. The predicted molar refractivity (Wildman–Crippen MR) is 53.4 cm³/mol. The Morgan fingerprint density at radius 3 is 2.50 bits per heavy atom. The molecule has 80 valence electrons. The quantitative estimate of drug-likeness (QED) is 0.700. The molecular formula is C11H19NO2. The van der Waals surface area contributed by atoms with Gasteiger partial charge in [-0.3, -0.25) is 9.63 Å². The molecule has 0 aromatic heterocycles. The van der Waals surface area contributed by atoms with Crippen LogP contribution < -0.4 is 5.48 Å². The number of amides is 1. The van der Waals surface area contributed by atoms with E-state index in [2.05, 4.69) is 5.48 Å². The third-order valence-corrected chi connectivity index (χ3v) is 3.37. The largest absolute Gasteiger partial charge is 0.273 e. The molecule has 2 rings (SSSR count). The minimum absolute atomic E-state index is 0.0689. The van der Waals surface area contributed by atoms with Crippen molar-refractivity contribution in [3.8, 4) is 0 Å². The molecular weight excluding hydrogens is 178 g/mol. The van der Waals surface area contributed by atoms with Crippen LogP contribution in [0.15, 0.2) is 0 Å². The minimum atomic E-state index is 0.0689. The maximum atomic E-state index is 11.5. The predicted octanol–water partition coefficient (Wildman–Crippen LogP) is 2.02. The van der Waals surface area contributed by atoms with E-state index >= 15 is 0 Å². The van der Waals surface area contributed by atoms with Crippen molar-refractivity contribution in [2.75, 3.05) is 0 Å². The highest BCUT2D eigenvalue weighted by molar-refractivity contribution is 5.77. The van der Waals surface area contributed by atoms with E-state index in [0.717, 1.165) is 12.8 Å². The molecule has 1 unspecified atom stereocenters. The molecule has 2 aliphatic carbocycles. The number of nitrogens with one attached hydrogen (secondary N) is 1. The fraction of sp³-hybridized carbons (Fsp3) is 0.909. The van der Waals surface area contributed by atoms with Crippen LogP contribution in [-0.4, -0.2) is 12.0 Å². The van der Waals surface area contributed by atoms with E-state index < -0.39 is 0 Å². The van der Waals surface area contributed by atoms with Crippen LogP contribution in [0.4, 0.5) is 0 Å². The van der Waals surface area contributed by atoms with Crippen molar-refractivity contribution in [1.29, 1.82) is 0 Å². The van der Waals surface area contributed by atoms with E-state index in [1.165, 1.54) is 25.7 Å². The number of rotatable bonds is 4. The summed E-state index contributed by atoms with van der Waals surface area (Å²) in [4.78, 5) is 16.9. The molecule has 0 aromatic rings. The lowest BCUT2D eigenvalue weighted by atomic mass is 10.1. The lowest BCUT2D eigenvalue weighted by Crippen LogP contribution is -2.33. The van der Waals surface area contributed by atoms with E-state index in [1.807, 2.05) is 6.92 Å².